The molecule has 0 fully saturated rings. The number of nitrogens with zero attached hydrogens (tertiary/aromatic N) is 1. The number of amides is 2. The molecule has 4 rings (SSSR count). The first-order valence-corrected chi connectivity index (χ1v) is 7.55. The second kappa shape index (κ2) is 5.02. The van der Waals surface area contributed by atoms with Crippen molar-refractivity contribution in [1.82, 2.24) is 4.48 Å². The summed E-state index contributed by atoms with van der Waals surface area (Å²) in [6.45, 7) is -0.265. The lowest BCUT2D eigenvalue weighted by atomic mass is 10.0. The smallest absolute Gasteiger partial charge is 0.435 e. The van der Waals surface area contributed by atoms with Crippen LogP contribution in [0.4, 0.5) is 16.2 Å². The maximum absolute atomic E-state index is 12.4. The van der Waals surface area contributed by atoms with Crippen molar-refractivity contribution >= 4 is 29.1 Å². The van der Waals surface area contributed by atoms with Crippen molar-refractivity contribution in [3.05, 3.63) is 65.7 Å². The van der Waals surface area contributed by atoms with Crippen LogP contribution in [-0.4, -0.2) is 28.8 Å². The summed E-state index contributed by atoms with van der Waals surface area (Å²) in [4.78, 5) is 24.6. The normalized spacial score (nSPS) is 24.6. The van der Waals surface area contributed by atoms with E-state index in [1.54, 1.807) is 48.5 Å². The Labute approximate surface area is 137 Å². The van der Waals surface area contributed by atoms with Gasteiger partial charge in [-0.05, 0) is 17.7 Å². The van der Waals surface area contributed by atoms with Crippen LogP contribution in [0.25, 0.3) is 5.70 Å². The highest BCUT2D eigenvalue weighted by Crippen LogP contribution is 2.47. The van der Waals surface area contributed by atoms with Gasteiger partial charge in [-0.25, -0.2) is 0 Å². The van der Waals surface area contributed by atoms with Crippen LogP contribution in [-0.2, 0) is 4.79 Å². The average Bonchev–Trinajstić information content (AvgIpc) is 2.91. The van der Waals surface area contributed by atoms with E-state index in [-0.39, 0.29) is 12.5 Å². The van der Waals surface area contributed by atoms with Crippen LogP contribution in [0.5, 0.6) is 0 Å². The number of anilines is 1. The highest BCUT2D eigenvalue weighted by molar-refractivity contribution is 6.11. The molecule has 2 aliphatic rings. The first-order chi connectivity index (χ1) is 11.5. The molecule has 120 valence electrons. The van der Waals surface area contributed by atoms with Gasteiger partial charge in [-0.15, -0.1) is 4.48 Å². The number of hydrogen-bond donors (Lipinski definition) is 3. The largest absolute Gasteiger partial charge is 0.524 e. The Balaban J connectivity index is 2.02. The number of aliphatic hydroxyl groups excluding tert-OH is 1. The zero-order valence-corrected chi connectivity index (χ0v) is 12.6. The van der Waals surface area contributed by atoms with Gasteiger partial charge in [0.05, 0.1) is 0 Å². The molecule has 0 aromatic heterocycles. The predicted molar refractivity (Wildman–Crippen MR) is 89.1 cm³/mol. The van der Waals surface area contributed by atoms with Gasteiger partial charge in [-0.2, -0.15) is 4.79 Å². The Hall–Kier alpha value is -2.96. The Morgan fingerprint density at radius 3 is 2.62 bits per heavy atom. The lowest BCUT2D eigenvalue weighted by molar-refractivity contribution is -0.116. The minimum atomic E-state index is -1.16. The summed E-state index contributed by atoms with van der Waals surface area (Å²) in [6.07, 6.45) is -0.524. The van der Waals surface area contributed by atoms with E-state index in [2.05, 4.69) is 5.32 Å². The zero-order chi connectivity index (χ0) is 16.9. The highest BCUT2D eigenvalue weighted by atomic mass is 16.4. The van der Waals surface area contributed by atoms with Crippen molar-refractivity contribution in [1.29, 1.82) is 0 Å². The van der Waals surface area contributed by atoms with E-state index in [1.807, 2.05) is 0 Å². The molecular weight excluding hydrogens is 308 g/mol. The minimum Gasteiger partial charge on any atom is -0.435 e. The second-order valence-electron chi connectivity index (χ2n) is 5.90. The fraction of sp³-hybridized carbons (Fsp3) is 0.111. The van der Waals surface area contributed by atoms with Crippen molar-refractivity contribution in [2.24, 2.45) is 0 Å². The molecule has 0 bridgehead atoms. The average molecular weight is 323 g/mol. The van der Waals surface area contributed by atoms with E-state index in [0.29, 0.717) is 28.2 Å². The number of nitrogens with one attached hydrogen (secondary N) is 1. The van der Waals surface area contributed by atoms with Gasteiger partial charge in [-0.3, -0.25) is 4.79 Å². The summed E-state index contributed by atoms with van der Waals surface area (Å²) in [5.74, 6) is -0.379. The fourth-order valence-corrected chi connectivity index (χ4v) is 3.54. The number of carboxylic acid groups (broad SMARTS) is 1. The molecule has 0 saturated heterocycles. The van der Waals surface area contributed by atoms with Crippen LogP contribution in [0.3, 0.4) is 0 Å². The van der Waals surface area contributed by atoms with Crippen molar-refractivity contribution in [2.75, 3.05) is 11.9 Å². The van der Waals surface area contributed by atoms with Gasteiger partial charge in [0.2, 0.25) is 0 Å². The molecule has 1 aliphatic carbocycles. The van der Waals surface area contributed by atoms with E-state index in [0.717, 1.165) is 0 Å². The maximum Gasteiger partial charge on any atom is 0.524 e. The summed E-state index contributed by atoms with van der Waals surface area (Å²) < 4.78 is -0.657. The lowest BCUT2D eigenvalue weighted by Gasteiger charge is -2.36. The van der Waals surface area contributed by atoms with Crippen molar-refractivity contribution in [3.63, 3.8) is 0 Å². The van der Waals surface area contributed by atoms with Crippen LogP contribution in [0.2, 0.25) is 0 Å². The third-order valence-corrected chi connectivity index (χ3v) is 4.58. The maximum atomic E-state index is 12.4. The molecule has 1 heterocycles. The van der Waals surface area contributed by atoms with Gasteiger partial charge in [0.25, 0.3) is 5.91 Å². The lowest BCUT2D eigenvalue weighted by Crippen LogP contribution is -2.58. The summed E-state index contributed by atoms with van der Waals surface area (Å²) in [7, 11) is 0. The Morgan fingerprint density at radius 1 is 1.12 bits per heavy atom. The molecule has 6 nitrogen and oxygen atoms in total. The van der Waals surface area contributed by atoms with E-state index in [1.165, 1.54) is 6.08 Å². The molecule has 2 aromatic rings. The Morgan fingerprint density at radius 2 is 1.83 bits per heavy atom. The quantitative estimate of drug-likeness (QED) is 0.704. The number of quaternary nitrogens is 1. The second-order valence-corrected chi connectivity index (χ2v) is 5.90. The van der Waals surface area contributed by atoms with Crippen molar-refractivity contribution in [2.45, 2.75) is 6.10 Å². The standard InChI is InChI=1S/C18H14N2O4/c21-16-9-15(11-5-1-2-6-12(11)16)20(18(23)24)10-17(22)19-13-7-3-4-8-14(13)20/h1-9,16,21H,10H2,(H-,19,22,23,24)/p+1. The van der Waals surface area contributed by atoms with E-state index in [4.69, 9.17) is 0 Å². The molecule has 2 unspecified atom stereocenters. The number of benzene rings is 2. The van der Waals surface area contributed by atoms with Gasteiger partial charge in [0.15, 0.2) is 17.9 Å². The van der Waals surface area contributed by atoms with E-state index in [9.17, 15) is 19.8 Å². The first kappa shape index (κ1) is 14.6. The van der Waals surface area contributed by atoms with Gasteiger partial charge >= 0.3 is 6.09 Å². The SMILES string of the molecule is O=C1C[N+](C(=O)O)(C2=CC(O)c3ccccc32)c2ccccc2N1. The monoisotopic (exact) mass is 323 g/mol. The van der Waals surface area contributed by atoms with Gasteiger partial charge < -0.3 is 15.5 Å². The van der Waals surface area contributed by atoms with Crippen molar-refractivity contribution < 1.29 is 19.8 Å². The van der Waals surface area contributed by atoms with Crippen LogP contribution in [0.1, 0.15) is 17.2 Å². The number of carbonyl (C=O) groups is 2. The predicted octanol–water partition coefficient (Wildman–Crippen LogP) is 2.71. The summed E-state index contributed by atoms with van der Waals surface area (Å²) in [5, 5.41) is 23.1. The number of fused-ring (bicyclic) bond motifs is 2. The molecule has 0 saturated carbocycles. The fourth-order valence-electron chi connectivity index (χ4n) is 3.54. The molecule has 2 atom stereocenters. The highest BCUT2D eigenvalue weighted by Gasteiger charge is 2.52. The Bertz CT molecular complexity index is 905. The summed E-state index contributed by atoms with van der Waals surface area (Å²) >= 11 is 0. The molecule has 24 heavy (non-hydrogen) atoms. The number of rotatable bonds is 1. The van der Waals surface area contributed by atoms with Crippen LogP contribution < -0.4 is 9.80 Å². The van der Waals surface area contributed by atoms with Gasteiger partial charge in [0.1, 0.15) is 11.8 Å². The third-order valence-electron chi connectivity index (χ3n) is 4.58. The van der Waals surface area contributed by atoms with Crippen LogP contribution in [0, 0.1) is 0 Å². The minimum absolute atomic E-state index is 0.265. The van der Waals surface area contributed by atoms with E-state index >= 15 is 0 Å². The number of carbonyl (C=O) groups excluding carboxylic acids is 1. The van der Waals surface area contributed by atoms with Crippen molar-refractivity contribution in [3.8, 4) is 0 Å². The molecular formula is C18H15N2O4+. The zero-order valence-electron chi connectivity index (χ0n) is 12.6. The molecule has 2 amide bonds. The summed E-state index contributed by atoms with van der Waals surface area (Å²) in [5.41, 5.74) is 2.65. The first-order valence-electron chi connectivity index (χ1n) is 7.55. The Kier molecular flexibility index (Phi) is 3.06. The molecule has 6 heteroatoms. The molecule has 1 aliphatic heterocycles. The summed E-state index contributed by atoms with van der Waals surface area (Å²) in [6, 6.07) is 14.0. The molecule has 0 spiro atoms. The molecule has 0 radical (unpaired) electrons. The molecule has 2 aromatic carbocycles. The number of aliphatic hydroxyl groups is 1. The van der Waals surface area contributed by atoms with Gasteiger partial charge in [0, 0.05) is 17.7 Å². The number of para-hydroxylation sites is 2. The topological polar surface area (TPSA) is 86.6 Å². The third kappa shape index (κ3) is 1.84. The number of hydrogen-bond acceptors (Lipinski definition) is 3. The van der Waals surface area contributed by atoms with Crippen LogP contribution >= 0.6 is 0 Å². The van der Waals surface area contributed by atoms with E-state index < -0.39 is 16.7 Å². The molecule has 3 N–H and O–H groups in total. The van der Waals surface area contributed by atoms with Crippen LogP contribution in [0.15, 0.2) is 54.6 Å². The van der Waals surface area contributed by atoms with Gasteiger partial charge in [-0.1, -0.05) is 30.3 Å².